The second-order valence-electron chi connectivity index (χ2n) is 4.26. The van der Waals surface area contributed by atoms with Gasteiger partial charge in [-0.05, 0) is 18.3 Å². The first-order valence-electron chi connectivity index (χ1n) is 5.04. The Balaban J connectivity index is 3.30. The lowest BCUT2D eigenvalue weighted by Gasteiger charge is -2.09. The van der Waals surface area contributed by atoms with Crippen molar-refractivity contribution >= 4 is 5.91 Å². The Morgan fingerprint density at radius 2 is 1.77 bits per heavy atom. The van der Waals surface area contributed by atoms with Crippen molar-refractivity contribution in [2.24, 2.45) is 11.8 Å². The van der Waals surface area contributed by atoms with Gasteiger partial charge in [0, 0.05) is 13.0 Å². The molecule has 3 heteroatoms. The van der Waals surface area contributed by atoms with Gasteiger partial charge in [-0.25, -0.2) is 5.43 Å². The lowest BCUT2D eigenvalue weighted by atomic mass is 10.1. The van der Waals surface area contributed by atoms with Crippen LogP contribution >= 0.6 is 0 Å². The van der Waals surface area contributed by atoms with Gasteiger partial charge in [0.05, 0.1) is 0 Å². The molecule has 0 aliphatic rings. The predicted octanol–water partition coefficient (Wildman–Crippen LogP) is 1.70. The number of hydrogen-bond acceptors (Lipinski definition) is 2. The van der Waals surface area contributed by atoms with E-state index < -0.39 is 0 Å². The van der Waals surface area contributed by atoms with Gasteiger partial charge in [0.15, 0.2) is 0 Å². The highest BCUT2D eigenvalue weighted by atomic mass is 16.2. The van der Waals surface area contributed by atoms with Gasteiger partial charge in [-0.1, -0.05) is 27.7 Å². The Labute approximate surface area is 81.3 Å². The topological polar surface area (TPSA) is 41.1 Å². The van der Waals surface area contributed by atoms with Crippen LogP contribution in [0, 0.1) is 11.8 Å². The third kappa shape index (κ3) is 9.34. The van der Waals surface area contributed by atoms with E-state index in [1.54, 1.807) is 0 Å². The maximum atomic E-state index is 11.2. The van der Waals surface area contributed by atoms with E-state index in [4.69, 9.17) is 0 Å². The van der Waals surface area contributed by atoms with Crippen LogP contribution in [-0.2, 0) is 4.79 Å². The maximum absolute atomic E-state index is 11.2. The first-order valence-corrected chi connectivity index (χ1v) is 5.04. The zero-order chi connectivity index (χ0) is 10.3. The number of hydrogen-bond donors (Lipinski definition) is 2. The van der Waals surface area contributed by atoms with Crippen LogP contribution in [0.3, 0.4) is 0 Å². The quantitative estimate of drug-likeness (QED) is 0.620. The highest BCUT2D eigenvalue weighted by Crippen LogP contribution is 2.02. The molecule has 0 aromatic rings. The molecule has 0 heterocycles. The van der Waals surface area contributed by atoms with E-state index in [2.05, 4.69) is 38.5 Å². The second-order valence-corrected chi connectivity index (χ2v) is 4.26. The zero-order valence-corrected chi connectivity index (χ0v) is 9.18. The van der Waals surface area contributed by atoms with E-state index in [9.17, 15) is 4.79 Å². The van der Waals surface area contributed by atoms with Crippen molar-refractivity contribution in [3.63, 3.8) is 0 Å². The van der Waals surface area contributed by atoms with Gasteiger partial charge in [0.1, 0.15) is 0 Å². The van der Waals surface area contributed by atoms with Gasteiger partial charge in [0.2, 0.25) is 5.91 Å². The van der Waals surface area contributed by atoms with E-state index in [0.29, 0.717) is 18.3 Å². The summed E-state index contributed by atoms with van der Waals surface area (Å²) in [5, 5.41) is 0. The SMILES string of the molecule is CC(C)CCC(=O)NNCC(C)C. The van der Waals surface area contributed by atoms with Gasteiger partial charge in [-0.2, -0.15) is 0 Å². The third-order valence-electron chi connectivity index (χ3n) is 1.69. The fraction of sp³-hybridized carbons (Fsp3) is 0.900. The molecule has 0 aliphatic heterocycles. The van der Waals surface area contributed by atoms with Crippen molar-refractivity contribution in [1.82, 2.24) is 10.9 Å². The molecule has 0 rings (SSSR count). The Hall–Kier alpha value is -0.570. The van der Waals surface area contributed by atoms with Crippen molar-refractivity contribution in [3.8, 4) is 0 Å². The highest BCUT2D eigenvalue weighted by molar-refractivity contribution is 5.75. The van der Waals surface area contributed by atoms with Crippen LogP contribution in [0.15, 0.2) is 0 Å². The van der Waals surface area contributed by atoms with E-state index in [0.717, 1.165) is 13.0 Å². The van der Waals surface area contributed by atoms with Gasteiger partial charge in [-0.3, -0.25) is 10.2 Å². The summed E-state index contributed by atoms with van der Waals surface area (Å²) in [5.41, 5.74) is 5.59. The van der Waals surface area contributed by atoms with Gasteiger partial charge >= 0.3 is 0 Å². The monoisotopic (exact) mass is 186 g/mol. The van der Waals surface area contributed by atoms with Gasteiger partial charge < -0.3 is 0 Å². The average molecular weight is 186 g/mol. The molecule has 0 atom stereocenters. The van der Waals surface area contributed by atoms with Crippen LogP contribution in [0.25, 0.3) is 0 Å². The number of carbonyl (C=O) groups is 1. The largest absolute Gasteiger partial charge is 0.292 e. The van der Waals surface area contributed by atoms with E-state index in [1.807, 2.05) is 0 Å². The Morgan fingerprint density at radius 1 is 1.15 bits per heavy atom. The fourth-order valence-electron chi connectivity index (χ4n) is 0.836. The van der Waals surface area contributed by atoms with Gasteiger partial charge in [-0.15, -0.1) is 0 Å². The van der Waals surface area contributed by atoms with Crippen LogP contribution in [0.1, 0.15) is 40.5 Å². The molecule has 0 aromatic heterocycles. The molecule has 78 valence electrons. The predicted molar refractivity (Wildman–Crippen MR) is 55.1 cm³/mol. The molecular weight excluding hydrogens is 164 g/mol. The molecule has 0 spiro atoms. The molecule has 0 fully saturated rings. The molecule has 0 saturated carbocycles. The lowest BCUT2D eigenvalue weighted by Crippen LogP contribution is -2.39. The molecule has 0 radical (unpaired) electrons. The number of amides is 1. The van der Waals surface area contributed by atoms with Crippen molar-refractivity contribution in [2.75, 3.05) is 6.54 Å². The molecule has 0 aliphatic carbocycles. The summed E-state index contributed by atoms with van der Waals surface area (Å²) in [5.74, 6) is 1.25. The van der Waals surface area contributed by atoms with Crippen LogP contribution in [0.4, 0.5) is 0 Å². The normalized spacial score (nSPS) is 10.9. The van der Waals surface area contributed by atoms with Crippen LogP contribution in [-0.4, -0.2) is 12.5 Å². The summed E-state index contributed by atoms with van der Waals surface area (Å²) in [6, 6.07) is 0. The maximum Gasteiger partial charge on any atom is 0.234 e. The summed E-state index contributed by atoms with van der Waals surface area (Å²) < 4.78 is 0. The Kier molecular flexibility index (Phi) is 6.59. The minimum absolute atomic E-state index is 0.0920. The fourth-order valence-corrected chi connectivity index (χ4v) is 0.836. The molecule has 2 N–H and O–H groups in total. The minimum Gasteiger partial charge on any atom is -0.292 e. The number of rotatable bonds is 6. The standard InChI is InChI=1S/C10H22N2O/c1-8(2)5-6-10(13)12-11-7-9(3)4/h8-9,11H,5-7H2,1-4H3,(H,12,13). The molecule has 0 unspecified atom stereocenters. The molecule has 1 amide bonds. The Bertz CT molecular complexity index is 144. The number of hydrazine groups is 1. The van der Waals surface area contributed by atoms with Crippen molar-refractivity contribution < 1.29 is 4.79 Å². The molecular formula is C10H22N2O. The first kappa shape index (κ1) is 12.4. The molecule has 0 saturated heterocycles. The summed E-state index contributed by atoms with van der Waals surface area (Å²) >= 11 is 0. The summed E-state index contributed by atoms with van der Waals surface area (Å²) in [6.45, 7) is 9.28. The molecule has 13 heavy (non-hydrogen) atoms. The summed E-state index contributed by atoms with van der Waals surface area (Å²) in [4.78, 5) is 11.2. The van der Waals surface area contributed by atoms with E-state index in [-0.39, 0.29) is 5.91 Å². The second kappa shape index (κ2) is 6.89. The summed E-state index contributed by atoms with van der Waals surface area (Å²) in [7, 11) is 0. The zero-order valence-electron chi connectivity index (χ0n) is 9.18. The van der Waals surface area contributed by atoms with Crippen molar-refractivity contribution in [1.29, 1.82) is 0 Å². The van der Waals surface area contributed by atoms with Crippen molar-refractivity contribution in [3.05, 3.63) is 0 Å². The van der Waals surface area contributed by atoms with E-state index >= 15 is 0 Å². The highest BCUT2D eigenvalue weighted by Gasteiger charge is 2.02. The first-order chi connectivity index (χ1) is 6.02. The van der Waals surface area contributed by atoms with Crippen molar-refractivity contribution in [2.45, 2.75) is 40.5 Å². The number of nitrogens with one attached hydrogen (secondary N) is 2. The van der Waals surface area contributed by atoms with E-state index in [1.165, 1.54) is 0 Å². The Morgan fingerprint density at radius 3 is 2.23 bits per heavy atom. The minimum atomic E-state index is 0.0920. The molecule has 0 aromatic carbocycles. The molecule has 0 bridgehead atoms. The lowest BCUT2D eigenvalue weighted by molar-refractivity contribution is -0.122. The third-order valence-corrected chi connectivity index (χ3v) is 1.69. The summed E-state index contributed by atoms with van der Waals surface area (Å²) in [6.07, 6.45) is 1.57. The van der Waals surface area contributed by atoms with Crippen LogP contribution in [0.2, 0.25) is 0 Å². The smallest absolute Gasteiger partial charge is 0.234 e. The number of carbonyl (C=O) groups excluding carboxylic acids is 1. The van der Waals surface area contributed by atoms with Crippen LogP contribution in [0.5, 0.6) is 0 Å². The van der Waals surface area contributed by atoms with Crippen LogP contribution < -0.4 is 10.9 Å². The average Bonchev–Trinajstić information content (AvgIpc) is 2.00. The van der Waals surface area contributed by atoms with Gasteiger partial charge in [0.25, 0.3) is 0 Å². The molecule has 3 nitrogen and oxygen atoms in total.